The van der Waals surface area contributed by atoms with Crippen LogP contribution in [0, 0.1) is 0 Å². The van der Waals surface area contributed by atoms with Crippen molar-refractivity contribution in [3.05, 3.63) is 28.7 Å². The molecule has 2 heterocycles. The van der Waals surface area contributed by atoms with E-state index in [4.69, 9.17) is 26.4 Å². The summed E-state index contributed by atoms with van der Waals surface area (Å²) in [5.74, 6) is 1.36. The topological polar surface area (TPSA) is 51.2 Å². The van der Waals surface area contributed by atoms with E-state index in [9.17, 15) is 4.79 Å². The van der Waals surface area contributed by atoms with Gasteiger partial charge in [0.1, 0.15) is 10.9 Å². The molecule has 0 bridgehead atoms. The molecule has 3 rings (SSSR count). The zero-order chi connectivity index (χ0) is 19.9. The smallest absolute Gasteiger partial charge is 0.266 e. The highest BCUT2D eigenvalue weighted by molar-refractivity contribution is 8.26. The van der Waals surface area contributed by atoms with Crippen LogP contribution >= 0.6 is 24.0 Å². The second-order valence-electron chi connectivity index (χ2n) is 6.37. The number of benzene rings is 1. The molecular formula is C20H26N2O4S2. The number of carbonyl (C=O) groups is 1. The van der Waals surface area contributed by atoms with E-state index < -0.39 is 0 Å². The highest BCUT2D eigenvalue weighted by Crippen LogP contribution is 2.34. The second kappa shape index (κ2) is 10.2. The Hall–Kier alpha value is -1.61. The predicted octanol–water partition coefficient (Wildman–Crippen LogP) is 3.02. The number of morpholine rings is 1. The molecule has 8 heteroatoms. The molecule has 2 fully saturated rings. The third-order valence-electron chi connectivity index (χ3n) is 4.52. The summed E-state index contributed by atoms with van der Waals surface area (Å²) in [6.07, 6.45) is 1.86. The van der Waals surface area contributed by atoms with Crippen molar-refractivity contribution in [2.24, 2.45) is 0 Å². The van der Waals surface area contributed by atoms with E-state index in [-0.39, 0.29) is 5.91 Å². The number of hydrogen-bond acceptors (Lipinski definition) is 7. The van der Waals surface area contributed by atoms with Crippen molar-refractivity contribution in [1.29, 1.82) is 0 Å². The van der Waals surface area contributed by atoms with Crippen molar-refractivity contribution in [2.75, 3.05) is 52.6 Å². The molecule has 6 nitrogen and oxygen atoms in total. The molecule has 28 heavy (non-hydrogen) atoms. The Balaban J connectivity index is 1.67. The maximum Gasteiger partial charge on any atom is 0.266 e. The lowest BCUT2D eigenvalue weighted by atomic mass is 10.2. The largest absolute Gasteiger partial charge is 0.490 e. The van der Waals surface area contributed by atoms with E-state index in [2.05, 4.69) is 4.90 Å². The van der Waals surface area contributed by atoms with Crippen molar-refractivity contribution in [1.82, 2.24) is 9.80 Å². The number of carbonyl (C=O) groups excluding carboxylic acids is 1. The van der Waals surface area contributed by atoms with Crippen LogP contribution in [0.1, 0.15) is 19.4 Å². The lowest BCUT2D eigenvalue weighted by molar-refractivity contribution is -0.121. The van der Waals surface area contributed by atoms with Crippen LogP contribution in [-0.2, 0) is 9.53 Å². The van der Waals surface area contributed by atoms with E-state index in [1.165, 1.54) is 11.8 Å². The first kappa shape index (κ1) is 21.1. The predicted molar refractivity (Wildman–Crippen MR) is 116 cm³/mol. The van der Waals surface area contributed by atoms with Crippen LogP contribution in [-0.4, -0.2) is 72.6 Å². The fourth-order valence-corrected chi connectivity index (χ4v) is 4.42. The van der Waals surface area contributed by atoms with Gasteiger partial charge in [0, 0.05) is 26.2 Å². The molecule has 0 aliphatic carbocycles. The highest BCUT2D eigenvalue weighted by atomic mass is 32.2. The number of amides is 1. The molecule has 0 radical (unpaired) electrons. The SMILES string of the molecule is CCOc1cc(C=C2SC(=S)N(CC)C2=O)ccc1OCCN1CCOCC1. The molecule has 0 atom stereocenters. The van der Waals surface area contributed by atoms with Crippen LogP contribution in [0.2, 0.25) is 0 Å². The Kier molecular flexibility index (Phi) is 7.73. The van der Waals surface area contributed by atoms with Gasteiger partial charge in [-0.15, -0.1) is 0 Å². The van der Waals surface area contributed by atoms with E-state index in [1.807, 2.05) is 38.1 Å². The van der Waals surface area contributed by atoms with Crippen molar-refractivity contribution in [3.63, 3.8) is 0 Å². The summed E-state index contributed by atoms with van der Waals surface area (Å²) in [5.41, 5.74) is 0.889. The van der Waals surface area contributed by atoms with Crippen LogP contribution in [0.5, 0.6) is 11.5 Å². The minimum Gasteiger partial charge on any atom is -0.490 e. The zero-order valence-corrected chi connectivity index (χ0v) is 17.9. The van der Waals surface area contributed by atoms with Crippen LogP contribution in [0.3, 0.4) is 0 Å². The second-order valence-corrected chi connectivity index (χ2v) is 8.04. The summed E-state index contributed by atoms with van der Waals surface area (Å²) in [6, 6.07) is 5.74. The maximum atomic E-state index is 12.4. The lowest BCUT2D eigenvalue weighted by Gasteiger charge is -2.26. The van der Waals surface area contributed by atoms with Gasteiger partial charge >= 0.3 is 0 Å². The van der Waals surface area contributed by atoms with Gasteiger partial charge in [0.15, 0.2) is 11.5 Å². The highest BCUT2D eigenvalue weighted by Gasteiger charge is 2.30. The number of hydrogen-bond donors (Lipinski definition) is 0. The molecule has 1 aromatic rings. The Morgan fingerprint density at radius 3 is 2.68 bits per heavy atom. The number of likely N-dealkylation sites (N-methyl/N-ethyl adjacent to an activating group) is 1. The number of thioether (sulfide) groups is 1. The Labute approximate surface area is 175 Å². The van der Waals surface area contributed by atoms with Crippen molar-refractivity contribution in [2.45, 2.75) is 13.8 Å². The number of rotatable bonds is 8. The summed E-state index contributed by atoms with van der Waals surface area (Å²) >= 11 is 6.61. The molecule has 1 aromatic carbocycles. The van der Waals surface area contributed by atoms with E-state index in [1.54, 1.807) is 4.90 Å². The molecule has 0 spiro atoms. The summed E-state index contributed by atoms with van der Waals surface area (Å²) in [5, 5.41) is 0. The third-order valence-corrected chi connectivity index (χ3v) is 5.90. The standard InChI is InChI=1S/C20H26N2O4S2/c1-3-22-19(23)18(28-20(22)27)14-15-5-6-16(17(13-15)25-4-2)26-12-9-21-7-10-24-11-8-21/h5-6,13-14H,3-4,7-12H2,1-2H3. The van der Waals surface area contributed by atoms with Gasteiger partial charge in [0.25, 0.3) is 5.91 Å². The van der Waals surface area contributed by atoms with Gasteiger partial charge in [0.05, 0.1) is 24.7 Å². The molecule has 0 unspecified atom stereocenters. The molecule has 0 saturated carbocycles. The van der Waals surface area contributed by atoms with Crippen LogP contribution in [0.25, 0.3) is 6.08 Å². The summed E-state index contributed by atoms with van der Waals surface area (Å²) in [6.45, 7) is 9.88. The minimum atomic E-state index is -0.0405. The first-order valence-corrected chi connectivity index (χ1v) is 10.8. The van der Waals surface area contributed by atoms with Crippen molar-refractivity contribution >= 4 is 40.3 Å². The van der Waals surface area contributed by atoms with Gasteiger partial charge in [-0.25, -0.2) is 0 Å². The van der Waals surface area contributed by atoms with Crippen LogP contribution in [0.15, 0.2) is 23.1 Å². The first-order valence-electron chi connectivity index (χ1n) is 9.57. The van der Waals surface area contributed by atoms with Gasteiger partial charge in [-0.3, -0.25) is 14.6 Å². The fourth-order valence-electron chi connectivity index (χ4n) is 3.04. The number of ether oxygens (including phenoxy) is 3. The van der Waals surface area contributed by atoms with Gasteiger partial charge in [-0.2, -0.15) is 0 Å². The quantitative estimate of drug-likeness (QED) is 0.471. The molecule has 2 aliphatic heterocycles. The van der Waals surface area contributed by atoms with E-state index in [0.29, 0.717) is 40.5 Å². The maximum absolute atomic E-state index is 12.4. The van der Waals surface area contributed by atoms with E-state index in [0.717, 1.165) is 38.4 Å². The summed E-state index contributed by atoms with van der Waals surface area (Å²) < 4.78 is 17.7. The Morgan fingerprint density at radius 2 is 2.00 bits per heavy atom. The average molecular weight is 423 g/mol. The Bertz CT molecular complexity index is 748. The van der Waals surface area contributed by atoms with Gasteiger partial charge < -0.3 is 14.2 Å². The molecule has 0 aromatic heterocycles. The van der Waals surface area contributed by atoms with Crippen molar-refractivity contribution < 1.29 is 19.0 Å². The van der Waals surface area contributed by atoms with Crippen LogP contribution < -0.4 is 9.47 Å². The molecule has 0 N–H and O–H groups in total. The summed E-state index contributed by atoms with van der Waals surface area (Å²) in [7, 11) is 0. The zero-order valence-electron chi connectivity index (χ0n) is 16.3. The molecule has 152 valence electrons. The Morgan fingerprint density at radius 1 is 1.21 bits per heavy atom. The average Bonchev–Trinajstić information content (AvgIpc) is 2.97. The third kappa shape index (κ3) is 5.26. The van der Waals surface area contributed by atoms with Crippen molar-refractivity contribution in [3.8, 4) is 11.5 Å². The fraction of sp³-hybridized carbons (Fsp3) is 0.500. The first-order chi connectivity index (χ1) is 13.6. The molecule has 2 saturated heterocycles. The number of nitrogens with zero attached hydrogens (tertiary/aromatic N) is 2. The summed E-state index contributed by atoms with van der Waals surface area (Å²) in [4.78, 5) is 17.0. The van der Waals surface area contributed by atoms with Gasteiger partial charge in [-0.05, 0) is 37.6 Å². The normalized spacial score (nSPS) is 19.5. The molecule has 2 aliphatic rings. The van der Waals surface area contributed by atoms with Gasteiger partial charge in [-0.1, -0.05) is 30.0 Å². The monoisotopic (exact) mass is 422 g/mol. The molecular weight excluding hydrogens is 396 g/mol. The number of thiocarbonyl (C=S) groups is 1. The molecule has 1 amide bonds. The van der Waals surface area contributed by atoms with E-state index >= 15 is 0 Å². The van der Waals surface area contributed by atoms with Gasteiger partial charge in [0.2, 0.25) is 0 Å². The minimum absolute atomic E-state index is 0.0405. The van der Waals surface area contributed by atoms with Crippen LogP contribution in [0.4, 0.5) is 0 Å². The lowest BCUT2D eigenvalue weighted by Crippen LogP contribution is -2.38.